The third kappa shape index (κ3) is 2.21. The molecule has 4 nitrogen and oxygen atoms in total. The van der Waals surface area contributed by atoms with Crippen molar-refractivity contribution in [3.8, 4) is 11.3 Å². The molecule has 0 N–H and O–H groups in total. The number of halogens is 2. The van der Waals surface area contributed by atoms with Crippen LogP contribution >= 0.6 is 23.2 Å². The number of rotatable bonds is 2. The van der Waals surface area contributed by atoms with Crippen LogP contribution in [0.15, 0.2) is 22.7 Å². The van der Waals surface area contributed by atoms with Crippen LogP contribution in [-0.4, -0.2) is 18.2 Å². The molecule has 0 atom stereocenters. The second kappa shape index (κ2) is 5.00. The van der Waals surface area contributed by atoms with Gasteiger partial charge in [-0.1, -0.05) is 28.4 Å². The molecule has 0 aliphatic heterocycles. The van der Waals surface area contributed by atoms with Gasteiger partial charge in [-0.3, -0.25) is 0 Å². The van der Waals surface area contributed by atoms with Gasteiger partial charge >= 0.3 is 5.97 Å². The van der Waals surface area contributed by atoms with Gasteiger partial charge in [0.15, 0.2) is 5.76 Å². The highest BCUT2D eigenvalue weighted by atomic mass is 35.5. The van der Waals surface area contributed by atoms with Crippen LogP contribution in [-0.2, 0) is 4.74 Å². The van der Waals surface area contributed by atoms with E-state index in [1.165, 1.54) is 7.11 Å². The van der Waals surface area contributed by atoms with E-state index >= 15 is 0 Å². The van der Waals surface area contributed by atoms with Crippen LogP contribution < -0.4 is 0 Å². The average Bonchev–Trinajstić information content (AvgIpc) is 2.75. The Labute approximate surface area is 113 Å². The maximum absolute atomic E-state index is 11.6. The quantitative estimate of drug-likeness (QED) is 0.789. The predicted octanol–water partition coefficient (Wildman–Crippen LogP) is 3.74. The first kappa shape index (κ1) is 12.9. The van der Waals surface area contributed by atoms with Crippen molar-refractivity contribution < 1.29 is 14.1 Å². The lowest BCUT2D eigenvalue weighted by atomic mass is 10.1. The summed E-state index contributed by atoms with van der Waals surface area (Å²) in [6.07, 6.45) is 0. The molecule has 0 saturated heterocycles. The Balaban J connectivity index is 2.61. The maximum Gasteiger partial charge on any atom is 0.340 e. The number of nitrogens with zero attached hydrogens (tertiary/aromatic N) is 1. The first-order valence-corrected chi connectivity index (χ1v) is 5.80. The maximum atomic E-state index is 11.6. The molecule has 2 rings (SSSR count). The lowest BCUT2D eigenvalue weighted by molar-refractivity contribution is 0.0601. The normalized spacial score (nSPS) is 10.4. The summed E-state index contributed by atoms with van der Waals surface area (Å²) < 4.78 is 9.75. The molecular formula is C12H9Cl2NO3. The van der Waals surface area contributed by atoms with E-state index in [4.69, 9.17) is 27.7 Å². The molecule has 94 valence electrons. The van der Waals surface area contributed by atoms with Gasteiger partial charge in [0.2, 0.25) is 0 Å². The van der Waals surface area contributed by atoms with Gasteiger partial charge in [0.1, 0.15) is 0 Å². The van der Waals surface area contributed by atoms with Crippen LogP contribution in [0.1, 0.15) is 16.1 Å². The van der Waals surface area contributed by atoms with Crippen molar-refractivity contribution in [1.82, 2.24) is 5.16 Å². The van der Waals surface area contributed by atoms with Gasteiger partial charge in [-0.15, -0.1) is 0 Å². The van der Waals surface area contributed by atoms with E-state index in [1.807, 2.05) is 0 Å². The lowest BCUT2D eigenvalue weighted by Crippen LogP contribution is -2.03. The number of carbonyl (C=O) groups excluding carboxylic acids is 1. The first-order chi connectivity index (χ1) is 8.54. The minimum atomic E-state index is -0.594. The number of hydrogen-bond donors (Lipinski definition) is 0. The summed E-state index contributed by atoms with van der Waals surface area (Å²) in [6, 6.07) is 4.94. The summed E-state index contributed by atoms with van der Waals surface area (Å²) in [5.74, 6) is -0.123. The standard InChI is InChI=1S/C12H9Cl2NO3/c1-6-5-9(18-15-6)7-3-4-8(13)10(11(7)14)12(16)17-2/h3-5H,1-2H3. The van der Waals surface area contributed by atoms with Gasteiger partial charge in [-0.25, -0.2) is 4.79 Å². The Morgan fingerprint density at radius 1 is 1.39 bits per heavy atom. The highest BCUT2D eigenvalue weighted by Crippen LogP contribution is 2.35. The molecule has 18 heavy (non-hydrogen) atoms. The van der Waals surface area contributed by atoms with Crippen LogP contribution in [0.4, 0.5) is 0 Å². The SMILES string of the molecule is COC(=O)c1c(Cl)ccc(-c2cc(C)no2)c1Cl. The molecule has 1 aromatic heterocycles. The Hall–Kier alpha value is -1.52. The fourth-order valence-electron chi connectivity index (χ4n) is 1.52. The molecule has 0 aliphatic carbocycles. The highest BCUT2D eigenvalue weighted by Gasteiger charge is 2.20. The molecule has 0 saturated carbocycles. The first-order valence-electron chi connectivity index (χ1n) is 5.04. The molecule has 0 bridgehead atoms. The van der Waals surface area contributed by atoms with E-state index < -0.39 is 5.97 Å². The Bertz CT molecular complexity index is 607. The van der Waals surface area contributed by atoms with Gasteiger partial charge in [0, 0.05) is 11.6 Å². The highest BCUT2D eigenvalue weighted by molar-refractivity contribution is 6.41. The number of hydrogen-bond acceptors (Lipinski definition) is 4. The predicted molar refractivity (Wildman–Crippen MR) is 68.0 cm³/mol. The van der Waals surface area contributed by atoms with Crippen molar-refractivity contribution in [3.63, 3.8) is 0 Å². The van der Waals surface area contributed by atoms with Crippen LogP contribution in [0, 0.1) is 6.92 Å². The average molecular weight is 286 g/mol. The summed E-state index contributed by atoms with van der Waals surface area (Å²) in [5.41, 5.74) is 1.38. The minimum Gasteiger partial charge on any atom is -0.465 e. The van der Waals surface area contributed by atoms with Crippen molar-refractivity contribution in [1.29, 1.82) is 0 Å². The van der Waals surface area contributed by atoms with Crippen molar-refractivity contribution in [3.05, 3.63) is 39.5 Å². The lowest BCUT2D eigenvalue weighted by Gasteiger charge is -2.07. The largest absolute Gasteiger partial charge is 0.465 e. The second-order valence-corrected chi connectivity index (χ2v) is 4.39. The molecule has 0 radical (unpaired) electrons. The number of methoxy groups -OCH3 is 1. The van der Waals surface area contributed by atoms with Crippen molar-refractivity contribution in [2.45, 2.75) is 6.92 Å². The third-order valence-corrected chi connectivity index (χ3v) is 3.08. The summed E-state index contributed by atoms with van der Waals surface area (Å²) in [6.45, 7) is 1.79. The summed E-state index contributed by atoms with van der Waals surface area (Å²) >= 11 is 12.1. The molecular weight excluding hydrogens is 277 g/mol. The Morgan fingerprint density at radius 3 is 2.67 bits per heavy atom. The van der Waals surface area contributed by atoms with E-state index in [1.54, 1.807) is 25.1 Å². The number of aryl methyl sites for hydroxylation is 1. The number of aromatic nitrogens is 1. The number of carbonyl (C=O) groups is 1. The van der Waals surface area contributed by atoms with Crippen molar-refractivity contribution >= 4 is 29.2 Å². The molecule has 1 aromatic carbocycles. The zero-order valence-corrected chi connectivity index (χ0v) is 11.2. The summed E-state index contributed by atoms with van der Waals surface area (Å²) in [5, 5.41) is 4.18. The molecule has 0 amide bonds. The van der Waals surface area contributed by atoms with E-state index in [2.05, 4.69) is 9.89 Å². The molecule has 6 heteroatoms. The molecule has 0 spiro atoms. The molecule has 1 heterocycles. The van der Waals surface area contributed by atoms with Crippen LogP contribution in [0.25, 0.3) is 11.3 Å². The molecule has 0 unspecified atom stereocenters. The minimum absolute atomic E-state index is 0.118. The van der Waals surface area contributed by atoms with E-state index in [9.17, 15) is 4.79 Å². The van der Waals surface area contributed by atoms with Crippen LogP contribution in [0.5, 0.6) is 0 Å². The van der Waals surface area contributed by atoms with E-state index in [-0.39, 0.29) is 15.6 Å². The molecule has 2 aromatic rings. The fourth-order valence-corrected chi connectivity index (χ4v) is 2.14. The van der Waals surface area contributed by atoms with Crippen molar-refractivity contribution in [2.24, 2.45) is 0 Å². The van der Waals surface area contributed by atoms with Gasteiger partial charge in [-0.05, 0) is 19.1 Å². The monoisotopic (exact) mass is 285 g/mol. The van der Waals surface area contributed by atoms with Crippen molar-refractivity contribution in [2.75, 3.05) is 7.11 Å². The molecule has 0 aliphatic rings. The topological polar surface area (TPSA) is 52.3 Å². The number of ether oxygens (including phenoxy) is 1. The number of benzene rings is 1. The van der Waals surface area contributed by atoms with Crippen LogP contribution in [0.2, 0.25) is 10.0 Å². The number of esters is 1. The van der Waals surface area contributed by atoms with E-state index in [0.29, 0.717) is 11.3 Å². The van der Waals surface area contributed by atoms with Crippen LogP contribution in [0.3, 0.4) is 0 Å². The van der Waals surface area contributed by atoms with Gasteiger partial charge in [-0.2, -0.15) is 0 Å². The van der Waals surface area contributed by atoms with Gasteiger partial charge in [0.25, 0.3) is 0 Å². The second-order valence-electron chi connectivity index (χ2n) is 3.61. The van der Waals surface area contributed by atoms with Gasteiger partial charge in [0.05, 0.1) is 28.4 Å². The Morgan fingerprint density at radius 2 is 2.11 bits per heavy atom. The van der Waals surface area contributed by atoms with Gasteiger partial charge < -0.3 is 9.26 Å². The smallest absolute Gasteiger partial charge is 0.340 e. The zero-order valence-electron chi connectivity index (χ0n) is 9.66. The molecule has 0 fully saturated rings. The summed E-state index contributed by atoms with van der Waals surface area (Å²) in [7, 11) is 1.26. The Kier molecular flexibility index (Phi) is 3.59. The van der Waals surface area contributed by atoms with E-state index in [0.717, 1.165) is 5.69 Å². The third-order valence-electron chi connectivity index (χ3n) is 2.37. The zero-order chi connectivity index (χ0) is 13.3. The summed E-state index contributed by atoms with van der Waals surface area (Å²) in [4.78, 5) is 11.6. The fraction of sp³-hybridized carbons (Fsp3) is 0.167.